The summed E-state index contributed by atoms with van der Waals surface area (Å²) in [5, 5.41) is 56.1. The van der Waals surface area contributed by atoms with Crippen molar-refractivity contribution in [2.45, 2.75) is 142 Å². The molecule has 23 heteroatoms. The molecular formula is C115H120N8O15. The number of benzene rings is 12. The number of hydrogen-bond donors (Lipinski definition) is 9. The average molecular weight is 1850 g/mol. The summed E-state index contributed by atoms with van der Waals surface area (Å²) in [5.74, 6) is -3.66. The predicted octanol–water partition coefficient (Wildman–Crippen LogP) is 23.6. The van der Waals surface area contributed by atoms with Crippen molar-refractivity contribution in [2.75, 3.05) is 74.6 Å². The van der Waals surface area contributed by atoms with Crippen molar-refractivity contribution in [3.63, 3.8) is 0 Å². The van der Waals surface area contributed by atoms with Gasteiger partial charge in [0, 0.05) is 18.0 Å². The van der Waals surface area contributed by atoms with Crippen LogP contribution in [0.3, 0.4) is 0 Å². The monoisotopic (exact) mass is 1850 g/mol. The van der Waals surface area contributed by atoms with Crippen LogP contribution in [0.15, 0.2) is 291 Å². The number of hydrogen-bond acceptors (Lipinski definition) is 18. The average Bonchev–Trinajstić information content (AvgIpc) is 0.819. The van der Waals surface area contributed by atoms with Crippen molar-refractivity contribution >= 4 is 70.3 Å². The number of carbonyl (C=O) groups is 8. The summed E-state index contributed by atoms with van der Waals surface area (Å²) < 4.78 is 16.7. The molecule has 0 atom stereocenters. The first-order valence-corrected chi connectivity index (χ1v) is 46.5. The molecule has 0 spiro atoms. The van der Waals surface area contributed by atoms with E-state index in [-0.39, 0.29) is 62.2 Å². The number of likely N-dealkylation sites (tertiary alicyclic amines) is 2. The van der Waals surface area contributed by atoms with Crippen LogP contribution in [-0.2, 0) is 14.2 Å². The number of amides is 4. The number of pyridine rings is 1. The van der Waals surface area contributed by atoms with Crippen molar-refractivity contribution in [3.05, 3.63) is 358 Å². The van der Waals surface area contributed by atoms with E-state index in [4.69, 9.17) is 14.2 Å². The minimum absolute atomic E-state index is 0.0135. The molecule has 12 aromatic carbocycles. The largest absolute Gasteiger partial charge is 0.507 e. The zero-order chi connectivity index (χ0) is 98.5. The fourth-order valence-electron chi connectivity index (χ4n) is 16.8. The van der Waals surface area contributed by atoms with Crippen LogP contribution >= 0.6 is 0 Å². The Bertz CT molecular complexity index is 6510. The molecule has 0 saturated carbocycles. The SMILES string of the molecule is CC(C)(C)OC(=O)c1ccc(-c2ccccc2)cc1NC(=O)c1ccc(C2CCNCC2)cc1O.CN1CCC(c2ccc(C(=O)Nc3cc(-c4ccccc4)ccc3C(=O)O)c(O)c2)CC1.CN1CCC(c2ccc(C(=O)Nc3cc(-c4ccccc4)ccc3C(=O)OC(C)(C)C)c(O)c2)CC1.Cc1cc(-c2ccncc2)ccc1C(=O)Nc1cc(-c2ccccc2)ccc1C(=O)OC(C)(C)C. The van der Waals surface area contributed by atoms with E-state index in [0.717, 1.165) is 156 Å². The van der Waals surface area contributed by atoms with Crippen LogP contribution in [-0.4, -0.2) is 153 Å². The van der Waals surface area contributed by atoms with Crippen LogP contribution in [0, 0.1) is 6.92 Å². The second-order valence-corrected chi connectivity index (χ2v) is 37.9. The van der Waals surface area contributed by atoms with Crippen molar-refractivity contribution in [2.24, 2.45) is 0 Å². The number of aromatic carboxylic acids is 1. The quantitative estimate of drug-likeness (QED) is 0.0253. The third-order valence-electron chi connectivity index (χ3n) is 24.1. The van der Waals surface area contributed by atoms with Crippen LogP contribution in [0.4, 0.5) is 22.7 Å². The number of phenols is 3. The first kappa shape index (κ1) is 100. The highest BCUT2D eigenvalue weighted by atomic mass is 16.6. The van der Waals surface area contributed by atoms with Crippen LogP contribution in [0.25, 0.3) is 55.6 Å². The van der Waals surface area contributed by atoms with Crippen LogP contribution in [0.1, 0.15) is 224 Å². The van der Waals surface area contributed by atoms with E-state index in [1.807, 2.05) is 216 Å². The van der Waals surface area contributed by atoms with Crippen molar-refractivity contribution in [1.82, 2.24) is 20.1 Å². The number of carboxylic acids is 1. The molecule has 23 nitrogen and oxygen atoms in total. The number of ether oxygens (including phenoxy) is 3. The Labute approximate surface area is 806 Å². The van der Waals surface area contributed by atoms with Gasteiger partial charge in [0.05, 0.1) is 61.7 Å². The van der Waals surface area contributed by atoms with E-state index in [1.165, 1.54) is 6.07 Å². The summed E-state index contributed by atoms with van der Waals surface area (Å²) in [6.07, 6.45) is 9.53. The lowest BCUT2D eigenvalue weighted by Gasteiger charge is -2.29. The third kappa shape index (κ3) is 27.4. The van der Waals surface area contributed by atoms with Gasteiger partial charge >= 0.3 is 23.9 Å². The fourth-order valence-corrected chi connectivity index (χ4v) is 16.8. The number of rotatable bonds is 20. The molecule has 4 amide bonds. The van der Waals surface area contributed by atoms with E-state index >= 15 is 0 Å². The van der Waals surface area contributed by atoms with Gasteiger partial charge in [-0.3, -0.25) is 24.2 Å². The molecule has 138 heavy (non-hydrogen) atoms. The maximum absolute atomic E-state index is 13.3. The molecule has 0 unspecified atom stereocenters. The Morgan fingerprint density at radius 3 is 0.848 bits per heavy atom. The molecule has 0 bridgehead atoms. The highest BCUT2D eigenvalue weighted by molar-refractivity contribution is 6.13. The second kappa shape index (κ2) is 45.4. The summed E-state index contributed by atoms with van der Waals surface area (Å²) in [7, 11) is 4.21. The van der Waals surface area contributed by atoms with Crippen LogP contribution in [0.5, 0.6) is 17.2 Å². The second-order valence-electron chi connectivity index (χ2n) is 37.9. The fraction of sp³-hybridized carbons (Fsp3) is 0.261. The molecule has 710 valence electrons. The third-order valence-corrected chi connectivity index (χ3v) is 24.1. The molecule has 9 N–H and O–H groups in total. The van der Waals surface area contributed by atoms with Gasteiger partial charge in [-0.2, -0.15) is 0 Å². The van der Waals surface area contributed by atoms with Crippen molar-refractivity contribution in [3.8, 4) is 72.9 Å². The first-order valence-electron chi connectivity index (χ1n) is 46.5. The lowest BCUT2D eigenvalue weighted by Crippen LogP contribution is -2.29. The molecule has 3 saturated heterocycles. The van der Waals surface area contributed by atoms with Gasteiger partial charge in [0.25, 0.3) is 23.6 Å². The lowest BCUT2D eigenvalue weighted by atomic mass is 9.89. The first-order chi connectivity index (χ1) is 65.9. The van der Waals surface area contributed by atoms with Gasteiger partial charge in [-0.1, -0.05) is 176 Å². The number of piperidine rings is 3. The number of aryl methyl sites for hydroxylation is 1. The van der Waals surface area contributed by atoms with Gasteiger partial charge in [0.2, 0.25) is 0 Å². The molecule has 4 heterocycles. The predicted molar refractivity (Wildman–Crippen MR) is 544 cm³/mol. The maximum Gasteiger partial charge on any atom is 0.340 e. The van der Waals surface area contributed by atoms with E-state index in [1.54, 1.807) is 139 Å². The zero-order valence-electron chi connectivity index (χ0n) is 80.1. The van der Waals surface area contributed by atoms with E-state index in [2.05, 4.69) is 55.5 Å². The van der Waals surface area contributed by atoms with E-state index in [9.17, 15) is 58.8 Å². The molecule has 16 rings (SSSR count). The van der Waals surface area contributed by atoms with Crippen molar-refractivity contribution < 1.29 is 73.0 Å². The smallest absolute Gasteiger partial charge is 0.340 e. The number of phenolic OH excluding ortho intramolecular Hbond substituents is 3. The van der Waals surface area contributed by atoms with Gasteiger partial charge in [-0.05, 0) is 360 Å². The van der Waals surface area contributed by atoms with E-state index < -0.39 is 58.4 Å². The lowest BCUT2D eigenvalue weighted by molar-refractivity contribution is 0.00580. The number of aromatic nitrogens is 1. The van der Waals surface area contributed by atoms with Crippen LogP contribution < -0.4 is 26.6 Å². The summed E-state index contributed by atoms with van der Waals surface area (Å²) in [6, 6.07) is 84.6. The molecule has 3 aliphatic heterocycles. The van der Waals surface area contributed by atoms with Gasteiger partial charge in [0.15, 0.2) is 0 Å². The summed E-state index contributed by atoms with van der Waals surface area (Å²) >= 11 is 0. The normalized spacial score (nSPS) is 13.8. The number of carbonyl (C=O) groups excluding carboxylic acids is 7. The summed E-state index contributed by atoms with van der Waals surface area (Å²) in [5.41, 5.74) is 14.1. The van der Waals surface area contributed by atoms with Gasteiger partial charge in [0.1, 0.15) is 34.1 Å². The molecule has 0 radical (unpaired) electrons. The molecular weight excluding hydrogens is 1730 g/mol. The molecule has 1 aromatic heterocycles. The zero-order valence-corrected chi connectivity index (χ0v) is 80.1. The maximum atomic E-state index is 13.3. The molecule has 0 aliphatic carbocycles. The highest BCUT2D eigenvalue weighted by Crippen LogP contribution is 2.39. The Balaban J connectivity index is 0.000000155. The minimum Gasteiger partial charge on any atom is -0.507 e. The number of nitrogens with zero attached hydrogens (tertiary/aromatic N) is 3. The molecule has 3 aliphatic rings. The highest BCUT2D eigenvalue weighted by Gasteiger charge is 2.31. The number of nitrogens with one attached hydrogen (secondary N) is 5. The topological polar surface area (TPSA) is 325 Å². The molecule has 13 aromatic rings. The van der Waals surface area contributed by atoms with Gasteiger partial charge in [-0.25, -0.2) is 19.2 Å². The Morgan fingerprint density at radius 1 is 0.312 bits per heavy atom. The summed E-state index contributed by atoms with van der Waals surface area (Å²) in [4.78, 5) is 112. The van der Waals surface area contributed by atoms with Gasteiger partial charge < -0.3 is 71.0 Å². The number of aromatic hydroxyl groups is 3. The van der Waals surface area contributed by atoms with Crippen LogP contribution in [0.2, 0.25) is 0 Å². The summed E-state index contributed by atoms with van der Waals surface area (Å²) in [6.45, 7) is 24.0. The van der Waals surface area contributed by atoms with Gasteiger partial charge in [-0.15, -0.1) is 0 Å². The Kier molecular flexibility index (Phi) is 33.0. The Hall–Kier alpha value is -15.2. The number of carboxylic acid groups (broad SMARTS) is 1. The van der Waals surface area contributed by atoms with Crippen molar-refractivity contribution in [1.29, 1.82) is 0 Å². The number of esters is 3. The number of anilines is 4. The standard InChI is InChI=1S/C30H34N2O4.C30H28N2O3.C29H32N2O4.C26H26N2O4/c1-30(2,3)36-29(35)24-12-10-22(20-8-6-5-7-9-20)18-26(24)31-28(34)25-13-11-23(19-27(25)33)21-14-16-32(4)17-15-21;1-20-18-23(22-14-16-31-17-15-22)10-12-25(20)28(33)32-27-19-24(21-8-6-5-7-9-21)11-13-26(27)29(34)35-30(2,3)4;1-29(2,3)35-28(34)23-11-9-21(19-7-5-4-6-8-19)17-25(23)31-27(33)24-12-10-22(18-26(24)32)20-13-15-30-16-14-20;1-28-13-11-18(12-14-28)20-8-10-22(24(29)16-20)25(30)27-23-15-19(7-9-21(23)26(31)32)17-5-3-2-4-6-17/h5-13,18-19,21,33H,14-17H2,1-4H3,(H,31,34);5-19H,1-4H3,(H,32,33);4-12,17-18,20,30,32H,13-16H2,1-3H3,(H,31,33);2-10,15-16,18,29H,11-14H2,1H3,(H,27,30)(H,31,32). The Morgan fingerprint density at radius 2 is 0.565 bits per heavy atom. The molecule has 3 fully saturated rings. The van der Waals surface area contributed by atoms with E-state index in [0.29, 0.717) is 45.9 Å². The minimum atomic E-state index is -1.14.